The van der Waals surface area contributed by atoms with Crippen molar-refractivity contribution in [2.45, 2.75) is 6.92 Å². The molecule has 0 spiro atoms. The lowest BCUT2D eigenvalue weighted by atomic mass is 9.99. The van der Waals surface area contributed by atoms with Gasteiger partial charge in [-0.25, -0.2) is 8.78 Å². The Balaban J connectivity index is 1.85. The Bertz CT molecular complexity index is 881. The van der Waals surface area contributed by atoms with Gasteiger partial charge in [-0.1, -0.05) is 61.2 Å². The second-order valence-electron chi connectivity index (χ2n) is 5.76. The predicted octanol–water partition coefficient (Wildman–Crippen LogP) is 6.17. The Kier molecular flexibility index (Phi) is 4.94. The molecule has 0 N–H and O–H groups in total. The SMILES string of the molecule is C=CCOc1ccc(-c2ccc(-c3ccc(C)c(F)c3F)cc2)cc1. The van der Waals surface area contributed by atoms with Gasteiger partial charge < -0.3 is 4.74 Å². The van der Waals surface area contributed by atoms with Crippen molar-refractivity contribution >= 4 is 0 Å². The molecule has 0 fully saturated rings. The Labute approximate surface area is 146 Å². The van der Waals surface area contributed by atoms with E-state index in [1.807, 2.05) is 36.4 Å². The highest BCUT2D eigenvalue weighted by molar-refractivity contribution is 5.71. The fraction of sp³-hybridized carbons (Fsp3) is 0.0909. The van der Waals surface area contributed by atoms with Crippen molar-refractivity contribution < 1.29 is 13.5 Å². The van der Waals surface area contributed by atoms with Gasteiger partial charge in [0.25, 0.3) is 0 Å². The molecular weight excluding hydrogens is 318 g/mol. The van der Waals surface area contributed by atoms with Gasteiger partial charge in [0, 0.05) is 5.56 Å². The number of benzene rings is 3. The fourth-order valence-electron chi connectivity index (χ4n) is 2.61. The quantitative estimate of drug-likeness (QED) is 0.506. The topological polar surface area (TPSA) is 9.23 Å². The molecule has 0 atom stereocenters. The van der Waals surface area contributed by atoms with E-state index in [-0.39, 0.29) is 5.56 Å². The molecule has 3 aromatic carbocycles. The van der Waals surface area contributed by atoms with Gasteiger partial charge in [-0.15, -0.1) is 0 Å². The molecular formula is C22H18F2O. The summed E-state index contributed by atoms with van der Waals surface area (Å²) in [6, 6.07) is 18.3. The standard InChI is InChI=1S/C22H18F2O/c1-3-14-25-19-11-9-17(10-12-19)16-5-7-18(8-6-16)20-13-4-15(2)21(23)22(20)24/h3-13H,1,14H2,2H3. The molecule has 1 nitrogen and oxygen atoms in total. The van der Waals surface area contributed by atoms with Crippen LogP contribution < -0.4 is 4.74 Å². The number of hydrogen-bond donors (Lipinski definition) is 0. The van der Waals surface area contributed by atoms with E-state index >= 15 is 0 Å². The van der Waals surface area contributed by atoms with Gasteiger partial charge in [0.15, 0.2) is 11.6 Å². The van der Waals surface area contributed by atoms with Gasteiger partial charge in [0.1, 0.15) is 12.4 Å². The van der Waals surface area contributed by atoms with Crippen LogP contribution in [0.15, 0.2) is 73.3 Å². The maximum atomic E-state index is 14.1. The molecule has 0 radical (unpaired) electrons. The Hall–Kier alpha value is -2.94. The van der Waals surface area contributed by atoms with Crippen LogP contribution in [0.25, 0.3) is 22.3 Å². The number of aryl methyl sites for hydroxylation is 1. The summed E-state index contributed by atoms with van der Waals surface area (Å²) in [5.74, 6) is -0.828. The van der Waals surface area contributed by atoms with Gasteiger partial charge in [-0.05, 0) is 41.3 Å². The minimum absolute atomic E-state index is 0.267. The third-order valence-electron chi connectivity index (χ3n) is 4.03. The summed E-state index contributed by atoms with van der Waals surface area (Å²) in [7, 11) is 0. The predicted molar refractivity (Wildman–Crippen MR) is 97.7 cm³/mol. The molecule has 25 heavy (non-hydrogen) atoms. The molecule has 3 aromatic rings. The Morgan fingerprint density at radius 1 is 0.800 bits per heavy atom. The molecule has 0 saturated carbocycles. The minimum atomic E-state index is -0.809. The molecule has 0 bridgehead atoms. The van der Waals surface area contributed by atoms with Crippen LogP contribution in [0.1, 0.15) is 5.56 Å². The maximum Gasteiger partial charge on any atom is 0.166 e. The first-order chi connectivity index (χ1) is 12.1. The van der Waals surface area contributed by atoms with Crippen molar-refractivity contribution in [3.8, 4) is 28.0 Å². The van der Waals surface area contributed by atoms with Gasteiger partial charge in [0.05, 0.1) is 0 Å². The second-order valence-corrected chi connectivity index (χ2v) is 5.76. The molecule has 0 aliphatic heterocycles. The average Bonchev–Trinajstić information content (AvgIpc) is 2.65. The van der Waals surface area contributed by atoms with Crippen molar-refractivity contribution in [3.63, 3.8) is 0 Å². The second kappa shape index (κ2) is 7.31. The van der Waals surface area contributed by atoms with Crippen molar-refractivity contribution in [1.82, 2.24) is 0 Å². The lowest BCUT2D eigenvalue weighted by Crippen LogP contribution is -1.93. The first-order valence-corrected chi connectivity index (χ1v) is 7.99. The molecule has 0 unspecified atom stereocenters. The summed E-state index contributed by atoms with van der Waals surface area (Å²) in [4.78, 5) is 0. The highest BCUT2D eigenvalue weighted by atomic mass is 19.2. The van der Waals surface area contributed by atoms with Gasteiger partial charge in [0.2, 0.25) is 0 Å². The molecule has 3 rings (SSSR count). The summed E-state index contributed by atoms with van der Waals surface area (Å²) < 4.78 is 33.3. The summed E-state index contributed by atoms with van der Waals surface area (Å²) >= 11 is 0. The van der Waals surface area contributed by atoms with Crippen molar-refractivity contribution in [3.05, 3.63) is 90.5 Å². The van der Waals surface area contributed by atoms with E-state index in [2.05, 4.69) is 6.58 Å². The zero-order chi connectivity index (χ0) is 17.8. The lowest BCUT2D eigenvalue weighted by molar-refractivity contribution is 0.363. The van der Waals surface area contributed by atoms with Crippen LogP contribution in [0, 0.1) is 18.6 Å². The van der Waals surface area contributed by atoms with E-state index in [1.165, 1.54) is 0 Å². The fourth-order valence-corrected chi connectivity index (χ4v) is 2.61. The Morgan fingerprint density at radius 2 is 1.36 bits per heavy atom. The lowest BCUT2D eigenvalue weighted by Gasteiger charge is -2.09. The van der Waals surface area contributed by atoms with Crippen LogP contribution in [0.3, 0.4) is 0 Å². The smallest absolute Gasteiger partial charge is 0.166 e. The van der Waals surface area contributed by atoms with Crippen molar-refractivity contribution in [2.24, 2.45) is 0 Å². The average molecular weight is 336 g/mol. The third-order valence-corrected chi connectivity index (χ3v) is 4.03. The largest absolute Gasteiger partial charge is 0.490 e. The minimum Gasteiger partial charge on any atom is -0.490 e. The van der Waals surface area contributed by atoms with Crippen LogP contribution in [-0.4, -0.2) is 6.61 Å². The van der Waals surface area contributed by atoms with Crippen LogP contribution >= 0.6 is 0 Å². The van der Waals surface area contributed by atoms with Gasteiger partial charge in [-0.3, -0.25) is 0 Å². The molecule has 0 heterocycles. The van der Waals surface area contributed by atoms with E-state index in [0.717, 1.165) is 16.9 Å². The summed E-state index contributed by atoms with van der Waals surface area (Å²) in [5, 5.41) is 0. The third kappa shape index (κ3) is 3.61. The van der Waals surface area contributed by atoms with E-state index < -0.39 is 11.6 Å². The maximum absolute atomic E-state index is 14.1. The molecule has 0 amide bonds. The highest BCUT2D eigenvalue weighted by Gasteiger charge is 2.12. The zero-order valence-electron chi connectivity index (χ0n) is 13.9. The summed E-state index contributed by atoms with van der Waals surface area (Å²) in [6.45, 7) is 5.63. The first-order valence-electron chi connectivity index (χ1n) is 7.99. The number of halogens is 2. The van der Waals surface area contributed by atoms with E-state index in [9.17, 15) is 8.78 Å². The zero-order valence-corrected chi connectivity index (χ0v) is 13.9. The summed E-state index contributed by atoms with van der Waals surface area (Å²) in [5.41, 5.74) is 3.23. The van der Waals surface area contributed by atoms with E-state index in [1.54, 1.807) is 37.3 Å². The molecule has 0 aromatic heterocycles. The normalized spacial score (nSPS) is 10.5. The van der Waals surface area contributed by atoms with Crippen LogP contribution in [0.4, 0.5) is 8.78 Å². The molecule has 126 valence electrons. The van der Waals surface area contributed by atoms with Crippen molar-refractivity contribution in [1.29, 1.82) is 0 Å². The van der Waals surface area contributed by atoms with E-state index in [4.69, 9.17) is 4.74 Å². The molecule has 0 saturated heterocycles. The van der Waals surface area contributed by atoms with Gasteiger partial charge >= 0.3 is 0 Å². The number of ether oxygens (including phenoxy) is 1. The van der Waals surface area contributed by atoms with Crippen molar-refractivity contribution in [2.75, 3.05) is 6.61 Å². The number of hydrogen-bond acceptors (Lipinski definition) is 1. The van der Waals surface area contributed by atoms with Crippen LogP contribution in [0.5, 0.6) is 5.75 Å². The van der Waals surface area contributed by atoms with Gasteiger partial charge in [-0.2, -0.15) is 0 Å². The highest BCUT2D eigenvalue weighted by Crippen LogP contribution is 2.29. The number of rotatable bonds is 5. The molecule has 3 heteroatoms. The van der Waals surface area contributed by atoms with Crippen LogP contribution in [0.2, 0.25) is 0 Å². The van der Waals surface area contributed by atoms with Crippen LogP contribution in [-0.2, 0) is 0 Å². The summed E-state index contributed by atoms with van der Waals surface area (Å²) in [6.07, 6.45) is 1.69. The molecule has 0 aliphatic rings. The monoisotopic (exact) mass is 336 g/mol. The first kappa shape index (κ1) is 16.9. The molecule has 0 aliphatic carbocycles. The van der Waals surface area contributed by atoms with E-state index in [0.29, 0.717) is 17.7 Å². The Morgan fingerprint density at radius 3 is 1.96 bits per heavy atom.